The first-order chi connectivity index (χ1) is 14.3. The van der Waals surface area contributed by atoms with Crippen molar-refractivity contribution in [3.05, 3.63) is 58.0 Å². The largest absolute Gasteiger partial charge is 0.463 e. The molecule has 1 aromatic heterocycles. The Hall–Kier alpha value is -2.93. The van der Waals surface area contributed by atoms with Gasteiger partial charge in [0.25, 0.3) is 11.7 Å². The van der Waals surface area contributed by atoms with Gasteiger partial charge in [-0.1, -0.05) is 17.7 Å². The maximum atomic E-state index is 12.9. The number of rotatable bonds is 5. The molecular weight excluding hydrogens is 384 g/mol. The minimum atomic E-state index is -0.505. The second-order valence-corrected chi connectivity index (χ2v) is 7.78. The maximum absolute atomic E-state index is 12.9. The lowest BCUT2D eigenvalue weighted by Crippen LogP contribution is -2.39. The molecule has 0 atom stereocenters. The Kier molecular flexibility index (Phi) is 6.72. The highest BCUT2D eigenvalue weighted by Gasteiger charge is 2.28. The minimum absolute atomic E-state index is 0.175. The van der Waals surface area contributed by atoms with Crippen LogP contribution in [0.2, 0.25) is 0 Å². The standard InChI is InChI=1S/C23H28N2O5/c1-15-12-16(2)20(17(3)13-15)21(26)22(27)25-9-5-8-24(10-11-25)14-18-6-7-19(30-18)23(28)29-4/h6-7,12-13H,5,8-11,14H2,1-4H3. The quantitative estimate of drug-likeness (QED) is 0.427. The molecule has 7 heteroatoms. The van der Waals surface area contributed by atoms with Crippen LogP contribution in [0.4, 0.5) is 0 Å². The van der Waals surface area contributed by atoms with E-state index in [-0.39, 0.29) is 5.76 Å². The molecule has 1 aliphatic heterocycles. The van der Waals surface area contributed by atoms with E-state index >= 15 is 0 Å². The summed E-state index contributed by atoms with van der Waals surface area (Å²) in [5, 5.41) is 0. The SMILES string of the molecule is COC(=O)c1ccc(CN2CCCN(C(=O)C(=O)c3c(C)cc(C)cc3C)CC2)o1. The molecule has 7 nitrogen and oxygen atoms in total. The first kappa shape index (κ1) is 21.8. The van der Waals surface area contributed by atoms with Crippen LogP contribution in [0.15, 0.2) is 28.7 Å². The van der Waals surface area contributed by atoms with Crippen LogP contribution >= 0.6 is 0 Å². The van der Waals surface area contributed by atoms with Crippen molar-refractivity contribution >= 4 is 17.7 Å². The van der Waals surface area contributed by atoms with E-state index in [0.717, 1.165) is 29.7 Å². The number of carbonyl (C=O) groups excluding carboxylic acids is 3. The molecule has 160 valence electrons. The number of methoxy groups -OCH3 is 1. The summed E-state index contributed by atoms with van der Waals surface area (Å²) in [5.74, 6) is -0.551. The summed E-state index contributed by atoms with van der Waals surface area (Å²) in [7, 11) is 1.31. The zero-order valence-corrected chi connectivity index (χ0v) is 18.0. The fourth-order valence-corrected chi connectivity index (χ4v) is 4.01. The van der Waals surface area contributed by atoms with Crippen molar-refractivity contribution in [2.24, 2.45) is 0 Å². The van der Waals surface area contributed by atoms with Crippen LogP contribution in [0.3, 0.4) is 0 Å². The molecule has 0 aliphatic carbocycles. The molecule has 0 N–H and O–H groups in total. The van der Waals surface area contributed by atoms with Crippen molar-refractivity contribution in [3.8, 4) is 0 Å². The zero-order chi connectivity index (χ0) is 21.8. The molecule has 1 fully saturated rings. The van der Waals surface area contributed by atoms with Crippen molar-refractivity contribution in [1.29, 1.82) is 0 Å². The maximum Gasteiger partial charge on any atom is 0.373 e. The lowest BCUT2D eigenvalue weighted by Gasteiger charge is -2.21. The van der Waals surface area contributed by atoms with Crippen molar-refractivity contribution < 1.29 is 23.5 Å². The van der Waals surface area contributed by atoms with Crippen molar-refractivity contribution in [3.63, 3.8) is 0 Å². The Morgan fingerprint density at radius 3 is 2.37 bits per heavy atom. The van der Waals surface area contributed by atoms with Gasteiger partial charge < -0.3 is 14.1 Å². The van der Waals surface area contributed by atoms with Crippen molar-refractivity contribution in [1.82, 2.24) is 9.80 Å². The number of ketones is 1. The number of Topliss-reactive ketones (excluding diaryl/α,β-unsaturated/α-hetero) is 1. The van der Waals surface area contributed by atoms with Gasteiger partial charge >= 0.3 is 5.97 Å². The fraction of sp³-hybridized carbons (Fsp3) is 0.435. The molecule has 1 aromatic carbocycles. The summed E-state index contributed by atoms with van der Waals surface area (Å²) < 4.78 is 10.2. The summed E-state index contributed by atoms with van der Waals surface area (Å²) in [5.41, 5.74) is 3.26. The number of benzene rings is 1. The highest BCUT2D eigenvalue weighted by molar-refractivity contribution is 6.43. The average molecular weight is 412 g/mol. The number of hydrogen-bond donors (Lipinski definition) is 0. The molecule has 1 aliphatic rings. The molecule has 0 unspecified atom stereocenters. The predicted molar refractivity (Wildman–Crippen MR) is 112 cm³/mol. The van der Waals surface area contributed by atoms with Crippen LogP contribution in [-0.4, -0.2) is 60.7 Å². The Morgan fingerprint density at radius 2 is 1.70 bits per heavy atom. The smallest absolute Gasteiger partial charge is 0.373 e. The first-order valence-electron chi connectivity index (χ1n) is 10.1. The van der Waals surface area contributed by atoms with Gasteiger partial charge in [-0.05, 0) is 50.5 Å². The number of furan rings is 1. The van der Waals surface area contributed by atoms with Gasteiger partial charge in [-0.15, -0.1) is 0 Å². The van der Waals surface area contributed by atoms with Gasteiger partial charge in [-0.2, -0.15) is 0 Å². The summed E-state index contributed by atoms with van der Waals surface area (Å²) >= 11 is 0. The number of esters is 1. The third-order valence-corrected chi connectivity index (χ3v) is 5.40. The highest BCUT2D eigenvalue weighted by Crippen LogP contribution is 2.19. The molecule has 0 radical (unpaired) electrons. The second kappa shape index (κ2) is 9.26. The zero-order valence-electron chi connectivity index (χ0n) is 18.0. The van der Waals surface area contributed by atoms with E-state index in [1.54, 1.807) is 17.0 Å². The van der Waals surface area contributed by atoms with E-state index in [1.165, 1.54) is 7.11 Å². The molecule has 2 aromatic rings. The van der Waals surface area contributed by atoms with Crippen LogP contribution < -0.4 is 0 Å². The summed E-state index contributed by atoms with van der Waals surface area (Å²) in [6.45, 7) is 8.66. The third-order valence-electron chi connectivity index (χ3n) is 5.40. The highest BCUT2D eigenvalue weighted by atomic mass is 16.5. The number of amides is 1. The third kappa shape index (κ3) is 4.79. The number of ether oxygens (including phenoxy) is 1. The van der Waals surface area contributed by atoms with Gasteiger partial charge in [-0.25, -0.2) is 4.79 Å². The lowest BCUT2D eigenvalue weighted by molar-refractivity contribution is -0.126. The van der Waals surface area contributed by atoms with Gasteiger partial charge in [-0.3, -0.25) is 14.5 Å². The van der Waals surface area contributed by atoms with E-state index in [4.69, 9.17) is 4.42 Å². The lowest BCUT2D eigenvalue weighted by atomic mass is 9.96. The minimum Gasteiger partial charge on any atom is -0.463 e. The van der Waals surface area contributed by atoms with E-state index in [0.29, 0.717) is 37.5 Å². The number of carbonyl (C=O) groups is 3. The second-order valence-electron chi connectivity index (χ2n) is 7.78. The van der Waals surface area contributed by atoms with Gasteiger partial charge in [0, 0.05) is 31.7 Å². The van der Waals surface area contributed by atoms with E-state index in [2.05, 4.69) is 9.64 Å². The van der Waals surface area contributed by atoms with Crippen molar-refractivity contribution in [2.45, 2.75) is 33.7 Å². The Morgan fingerprint density at radius 1 is 1.00 bits per heavy atom. The molecular formula is C23H28N2O5. The van der Waals surface area contributed by atoms with Gasteiger partial charge in [0.1, 0.15) is 5.76 Å². The molecule has 1 amide bonds. The topological polar surface area (TPSA) is 80.1 Å². The average Bonchev–Trinajstić information content (AvgIpc) is 3.04. The first-order valence-corrected chi connectivity index (χ1v) is 10.1. The molecule has 0 spiro atoms. The van der Waals surface area contributed by atoms with Crippen LogP contribution in [0.25, 0.3) is 0 Å². The molecule has 1 saturated heterocycles. The Balaban J connectivity index is 1.63. The molecule has 30 heavy (non-hydrogen) atoms. The number of aryl methyl sites for hydroxylation is 3. The summed E-state index contributed by atoms with van der Waals surface area (Å²) in [6.07, 6.45) is 0.759. The van der Waals surface area contributed by atoms with E-state index < -0.39 is 17.7 Å². The van der Waals surface area contributed by atoms with E-state index in [1.807, 2.05) is 32.9 Å². The van der Waals surface area contributed by atoms with Gasteiger partial charge in [0.2, 0.25) is 5.76 Å². The van der Waals surface area contributed by atoms with Crippen LogP contribution in [0.1, 0.15) is 49.8 Å². The molecule has 0 saturated carbocycles. The molecule has 2 heterocycles. The van der Waals surface area contributed by atoms with Crippen LogP contribution in [0.5, 0.6) is 0 Å². The van der Waals surface area contributed by atoms with Gasteiger partial charge in [0.15, 0.2) is 0 Å². The van der Waals surface area contributed by atoms with E-state index in [9.17, 15) is 14.4 Å². The van der Waals surface area contributed by atoms with Gasteiger partial charge in [0.05, 0.1) is 13.7 Å². The summed E-state index contributed by atoms with van der Waals surface area (Å²) in [4.78, 5) is 41.1. The van der Waals surface area contributed by atoms with Crippen molar-refractivity contribution in [2.75, 3.05) is 33.3 Å². The van der Waals surface area contributed by atoms with Crippen LogP contribution in [-0.2, 0) is 16.1 Å². The predicted octanol–water partition coefficient (Wildman–Crippen LogP) is 2.91. The van der Waals surface area contributed by atoms with Crippen LogP contribution in [0, 0.1) is 20.8 Å². The normalized spacial score (nSPS) is 15.0. The summed E-state index contributed by atoms with van der Waals surface area (Å²) in [6, 6.07) is 7.22. The molecule has 3 rings (SSSR count). The number of hydrogen-bond acceptors (Lipinski definition) is 6. The Labute approximate surface area is 176 Å². The number of nitrogens with zero attached hydrogens (tertiary/aromatic N) is 2. The monoisotopic (exact) mass is 412 g/mol. The fourth-order valence-electron chi connectivity index (χ4n) is 4.01. The molecule has 0 bridgehead atoms. The Bertz CT molecular complexity index is 939.